The summed E-state index contributed by atoms with van der Waals surface area (Å²) in [5.41, 5.74) is 0.226. The zero-order valence-electron chi connectivity index (χ0n) is 18.4. The van der Waals surface area contributed by atoms with E-state index in [-0.39, 0.29) is 5.91 Å². The Morgan fingerprint density at radius 1 is 1.12 bits per heavy atom. The number of carbonyl (C=O) groups excluding carboxylic acids is 1. The number of ether oxygens (including phenoxy) is 1. The molecule has 1 fully saturated rings. The molecule has 0 bridgehead atoms. The molecule has 1 aliphatic heterocycles. The van der Waals surface area contributed by atoms with Crippen LogP contribution in [0.3, 0.4) is 0 Å². The van der Waals surface area contributed by atoms with Crippen LogP contribution in [0, 0.1) is 12.7 Å². The van der Waals surface area contributed by atoms with Gasteiger partial charge in [-0.25, -0.2) is 19.3 Å². The van der Waals surface area contributed by atoms with Crippen LogP contribution >= 0.6 is 0 Å². The minimum atomic E-state index is -4.71. The highest BCUT2D eigenvalue weighted by Crippen LogP contribution is 2.32. The van der Waals surface area contributed by atoms with E-state index in [4.69, 9.17) is 4.74 Å². The van der Waals surface area contributed by atoms with Gasteiger partial charge in [-0.2, -0.15) is 13.2 Å². The predicted molar refractivity (Wildman–Crippen MR) is 113 cm³/mol. The maximum Gasteiger partial charge on any atom is 0.417 e. The Labute approximate surface area is 192 Å². The average molecular weight is 475 g/mol. The lowest BCUT2D eigenvalue weighted by Gasteiger charge is -2.39. The first-order valence-electron chi connectivity index (χ1n) is 10.6. The van der Waals surface area contributed by atoms with Gasteiger partial charge in [-0.05, 0) is 50.5 Å². The minimum absolute atomic E-state index is 0.305. The van der Waals surface area contributed by atoms with Crippen LogP contribution in [-0.4, -0.2) is 49.4 Å². The molecule has 0 unspecified atom stereocenters. The molecule has 178 valence electrons. The number of likely N-dealkylation sites (tertiary alicyclic amines) is 1. The quantitative estimate of drug-likeness (QED) is 0.518. The Kier molecular flexibility index (Phi) is 6.45. The molecule has 0 radical (unpaired) electrons. The number of pyridine rings is 2. The molecule has 0 saturated carbocycles. The summed E-state index contributed by atoms with van der Waals surface area (Å²) in [6.45, 7) is 3.97. The van der Waals surface area contributed by atoms with Crippen LogP contribution < -0.4 is 4.74 Å². The number of nitrogens with zero attached hydrogens (tertiary/aromatic N) is 5. The first-order chi connectivity index (χ1) is 16.1. The summed E-state index contributed by atoms with van der Waals surface area (Å²) in [7, 11) is 0. The largest absolute Gasteiger partial charge is 0.470 e. The molecule has 1 amide bonds. The molecule has 0 N–H and O–H groups in total. The third kappa shape index (κ3) is 4.82. The highest BCUT2D eigenvalue weighted by atomic mass is 19.4. The number of carbonyl (C=O) groups is 1. The number of hydrogen-bond acceptors (Lipinski definition) is 6. The molecule has 0 spiro atoms. The van der Waals surface area contributed by atoms with Gasteiger partial charge in [0.25, 0.3) is 11.8 Å². The predicted octanol–water partition coefficient (Wildman–Crippen LogP) is 4.47. The van der Waals surface area contributed by atoms with Gasteiger partial charge in [-0.1, -0.05) is 0 Å². The van der Waals surface area contributed by atoms with E-state index in [1.54, 1.807) is 42.5 Å². The van der Waals surface area contributed by atoms with Gasteiger partial charge in [0.15, 0.2) is 11.6 Å². The molecule has 3 aromatic rings. The normalized spacial score (nSPS) is 18.6. The maximum atomic E-state index is 14.3. The molecule has 34 heavy (non-hydrogen) atoms. The molecule has 0 aliphatic carbocycles. The topological polar surface area (TPSA) is 81.1 Å². The SMILES string of the molecule is Cc1cnc(-c2ncccn2)c(C(=O)N2CCC[C@@H](Oc3ncc(C(F)(F)F)cc3F)[C@@H]2C)c1. The lowest BCUT2D eigenvalue weighted by molar-refractivity contribution is -0.138. The van der Waals surface area contributed by atoms with Gasteiger partial charge < -0.3 is 9.64 Å². The van der Waals surface area contributed by atoms with Crippen LogP contribution in [0.25, 0.3) is 11.5 Å². The minimum Gasteiger partial charge on any atom is -0.470 e. The van der Waals surface area contributed by atoms with Crippen molar-refractivity contribution in [3.05, 3.63) is 65.5 Å². The highest BCUT2D eigenvalue weighted by Gasteiger charge is 2.36. The second-order valence-corrected chi connectivity index (χ2v) is 8.03. The van der Waals surface area contributed by atoms with Crippen molar-refractivity contribution in [2.24, 2.45) is 0 Å². The molecule has 1 aliphatic rings. The van der Waals surface area contributed by atoms with E-state index in [0.717, 1.165) is 5.56 Å². The average Bonchev–Trinajstić information content (AvgIpc) is 2.81. The van der Waals surface area contributed by atoms with Crippen molar-refractivity contribution >= 4 is 5.91 Å². The fourth-order valence-corrected chi connectivity index (χ4v) is 3.85. The Morgan fingerprint density at radius 3 is 2.53 bits per heavy atom. The van der Waals surface area contributed by atoms with Gasteiger partial charge in [0, 0.05) is 31.3 Å². The summed E-state index contributed by atoms with van der Waals surface area (Å²) in [5.74, 6) is -1.76. The molecule has 11 heteroatoms. The third-order valence-electron chi connectivity index (χ3n) is 5.61. The number of halogens is 4. The van der Waals surface area contributed by atoms with Crippen LogP contribution in [0.1, 0.15) is 41.3 Å². The van der Waals surface area contributed by atoms with Crippen LogP contribution in [0.2, 0.25) is 0 Å². The monoisotopic (exact) mass is 475 g/mol. The standard InChI is InChI=1S/C23H21F4N5O2/c1-13-9-16(19(30-11-13)20-28-6-4-7-29-20)22(33)32-8-3-5-18(14(32)2)34-21-17(24)10-15(12-31-21)23(25,26)27/h4,6-7,9-12,14,18H,3,5,8H2,1-2H3/t14-,18+/m0/s1. The smallest absolute Gasteiger partial charge is 0.417 e. The van der Waals surface area contributed by atoms with Crippen LogP contribution in [-0.2, 0) is 6.18 Å². The Morgan fingerprint density at radius 2 is 1.85 bits per heavy atom. The Balaban J connectivity index is 1.58. The fraction of sp³-hybridized carbons (Fsp3) is 0.348. The van der Waals surface area contributed by atoms with Gasteiger partial charge in [-0.3, -0.25) is 9.78 Å². The maximum absolute atomic E-state index is 14.3. The Bertz CT molecular complexity index is 1190. The summed E-state index contributed by atoms with van der Waals surface area (Å²) in [4.78, 5) is 31.4. The number of hydrogen-bond donors (Lipinski definition) is 0. The van der Waals surface area contributed by atoms with E-state index < -0.39 is 35.6 Å². The van der Waals surface area contributed by atoms with E-state index in [1.807, 2.05) is 6.92 Å². The van der Waals surface area contributed by atoms with Gasteiger partial charge in [0.2, 0.25) is 0 Å². The van der Waals surface area contributed by atoms with E-state index in [1.165, 1.54) is 0 Å². The molecule has 3 aromatic heterocycles. The van der Waals surface area contributed by atoms with Gasteiger partial charge in [0.1, 0.15) is 11.8 Å². The molecule has 4 heterocycles. The molecule has 1 saturated heterocycles. The van der Waals surface area contributed by atoms with Crippen molar-refractivity contribution in [3.63, 3.8) is 0 Å². The molecule has 4 rings (SSSR count). The zero-order chi connectivity index (χ0) is 24.5. The van der Waals surface area contributed by atoms with Gasteiger partial charge in [-0.15, -0.1) is 0 Å². The van der Waals surface area contributed by atoms with Crippen molar-refractivity contribution in [2.75, 3.05) is 6.54 Å². The number of alkyl halides is 3. The first kappa shape index (κ1) is 23.5. The van der Waals surface area contributed by atoms with Gasteiger partial charge in [0.05, 0.1) is 17.2 Å². The summed E-state index contributed by atoms with van der Waals surface area (Å²) < 4.78 is 58.3. The molecule has 7 nitrogen and oxygen atoms in total. The van der Waals surface area contributed by atoms with Crippen LogP contribution in [0.15, 0.2) is 43.0 Å². The van der Waals surface area contributed by atoms with Crippen molar-refractivity contribution < 1.29 is 27.1 Å². The molecule has 2 atom stereocenters. The summed E-state index contributed by atoms with van der Waals surface area (Å²) >= 11 is 0. The van der Waals surface area contributed by atoms with E-state index in [0.29, 0.717) is 48.7 Å². The van der Waals surface area contributed by atoms with Crippen molar-refractivity contribution in [1.29, 1.82) is 0 Å². The number of rotatable bonds is 4. The summed E-state index contributed by atoms with van der Waals surface area (Å²) in [6.07, 6.45) is 0.912. The fourth-order valence-electron chi connectivity index (χ4n) is 3.85. The molecular weight excluding hydrogens is 454 g/mol. The van der Waals surface area contributed by atoms with E-state index >= 15 is 0 Å². The first-order valence-corrected chi connectivity index (χ1v) is 10.6. The zero-order valence-corrected chi connectivity index (χ0v) is 18.4. The second kappa shape index (κ2) is 9.32. The number of amides is 1. The summed E-state index contributed by atoms with van der Waals surface area (Å²) in [5, 5.41) is 0. The number of aromatic nitrogens is 4. The van der Waals surface area contributed by atoms with Crippen LogP contribution in [0.5, 0.6) is 5.88 Å². The second-order valence-electron chi connectivity index (χ2n) is 8.03. The molecular formula is C23H21F4N5O2. The lowest BCUT2D eigenvalue weighted by Crippen LogP contribution is -2.51. The summed E-state index contributed by atoms with van der Waals surface area (Å²) in [6, 6.07) is 3.20. The highest BCUT2D eigenvalue weighted by molar-refractivity contribution is 5.99. The number of aryl methyl sites for hydroxylation is 1. The Hall–Kier alpha value is -3.63. The molecule has 0 aromatic carbocycles. The van der Waals surface area contributed by atoms with Crippen molar-refractivity contribution in [3.8, 4) is 17.4 Å². The van der Waals surface area contributed by atoms with E-state index in [2.05, 4.69) is 19.9 Å². The van der Waals surface area contributed by atoms with Crippen molar-refractivity contribution in [2.45, 2.75) is 45.0 Å². The van der Waals surface area contributed by atoms with Crippen LogP contribution in [0.4, 0.5) is 17.6 Å². The van der Waals surface area contributed by atoms with Crippen molar-refractivity contribution in [1.82, 2.24) is 24.8 Å². The number of piperidine rings is 1. The lowest BCUT2D eigenvalue weighted by atomic mass is 9.98. The van der Waals surface area contributed by atoms with Gasteiger partial charge >= 0.3 is 6.18 Å². The van der Waals surface area contributed by atoms with E-state index in [9.17, 15) is 22.4 Å². The third-order valence-corrected chi connectivity index (χ3v) is 5.61.